The van der Waals surface area contributed by atoms with E-state index in [1.165, 1.54) is 17.3 Å². The van der Waals surface area contributed by atoms with E-state index in [9.17, 15) is 13.5 Å². The van der Waals surface area contributed by atoms with Gasteiger partial charge >= 0.3 is 0 Å². The van der Waals surface area contributed by atoms with E-state index in [4.69, 9.17) is 15.8 Å². The van der Waals surface area contributed by atoms with Crippen molar-refractivity contribution >= 4 is 21.7 Å². The molecule has 4 atom stereocenters. The highest BCUT2D eigenvalue weighted by Crippen LogP contribution is 2.36. The van der Waals surface area contributed by atoms with Gasteiger partial charge in [-0.05, 0) is 30.5 Å². The summed E-state index contributed by atoms with van der Waals surface area (Å²) in [7, 11) is -3.61. The summed E-state index contributed by atoms with van der Waals surface area (Å²) in [6, 6.07) is 7.01. The molecule has 0 saturated carbocycles. The molecule has 0 radical (unpaired) electrons. The van der Waals surface area contributed by atoms with E-state index in [1.807, 2.05) is 6.92 Å². The number of nitrogens with zero attached hydrogens (tertiary/aromatic N) is 3. The first-order chi connectivity index (χ1) is 11.2. The first-order valence-electron chi connectivity index (χ1n) is 7.35. The Morgan fingerprint density at radius 1 is 1.25 bits per heavy atom. The van der Waals surface area contributed by atoms with Crippen LogP contribution >= 0.6 is 11.6 Å². The Bertz CT molecular complexity index is 750. The fraction of sp³-hybridized carbons (Fsp3) is 0.467. The van der Waals surface area contributed by atoms with Gasteiger partial charge < -0.3 is 5.11 Å². The van der Waals surface area contributed by atoms with Crippen molar-refractivity contribution < 1.29 is 17.7 Å². The molecular formula is C15H20ClN3O4S. The van der Waals surface area contributed by atoms with Crippen LogP contribution in [0.25, 0.3) is 0 Å². The second-order valence-corrected chi connectivity index (χ2v) is 7.77. The van der Waals surface area contributed by atoms with Crippen molar-refractivity contribution in [1.82, 2.24) is 14.8 Å². The lowest BCUT2D eigenvalue weighted by molar-refractivity contribution is 0.0168. The predicted molar refractivity (Wildman–Crippen MR) is 90.0 cm³/mol. The maximum absolute atomic E-state index is 11.4. The maximum atomic E-state index is 11.4. The van der Waals surface area contributed by atoms with Gasteiger partial charge in [0.1, 0.15) is 12.7 Å². The van der Waals surface area contributed by atoms with Gasteiger partial charge in [-0.15, -0.1) is 0 Å². The smallest absolute Gasteiger partial charge is 0.264 e. The molecule has 0 aliphatic carbocycles. The largest absolute Gasteiger partial charge is 0.371 e. The lowest BCUT2D eigenvalue weighted by Crippen LogP contribution is -2.32. The zero-order valence-corrected chi connectivity index (χ0v) is 15.1. The molecule has 132 valence electrons. The fourth-order valence-corrected chi connectivity index (χ4v) is 3.46. The molecule has 1 unspecified atom stereocenters. The van der Waals surface area contributed by atoms with Gasteiger partial charge in [-0.3, -0.25) is 4.18 Å². The van der Waals surface area contributed by atoms with E-state index >= 15 is 0 Å². The summed E-state index contributed by atoms with van der Waals surface area (Å²) in [4.78, 5) is 3.84. The quantitative estimate of drug-likeness (QED) is 0.748. The second kappa shape index (κ2) is 7.60. The molecule has 0 spiro atoms. The van der Waals surface area contributed by atoms with Crippen LogP contribution in [-0.2, 0) is 14.3 Å². The van der Waals surface area contributed by atoms with Crippen LogP contribution in [0.3, 0.4) is 0 Å². The van der Waals surface area contributed by atoms with Crippen LogP contribution in [0.4, 0.5) is 0 Å². The lowest BCUT2D eigenvalue weighted by atomic mass is 9.83. The van der Waals surface area contributed by atoms with Crippen LogP contribution in [0.1, 0.15) is 31.6 Å². The molecule has 1 aromatic carbocycles. The SMILES string of the molecule is C[C@H]([C@H](C)OS(C)(=O)=O)[C@H](c1ccc(Cl)cc1)C(O)n1cncn1. The average Bonchev–Trinajstić information content (AvgIpc) is 3.01. The molecule has 0 fully saturated rings. The Labute approximate surface area is 146 Å². The minimum absolute atomic E-state index is 0.333. The predicted octanol–water partition coefficient (Wildman–Crippen LogP) is 2.21. The fourth-order valence-electron chi connectivity index (χ4n) is 2.61. The first kappa shape index (κ1) is 18.9. The van der Waals surface area contributed by atoms with Crippen molar-refractivity contribution in [3.8, 4) is 0 Å². The Hall–Kier alpha value is -1.48. The van der Waals surface area contributed by atoms with Gasteiger partial charge in [-0.2, -0.15) is 13.5 Å². The number of benzene rings is 1. The normalized spacial score (nSPS) is 17.2. The summed E-state index contributed by atoms with van der Waals surface area (Å²) in [6.07, 6.45) is 2.06. The van der Waals surface area contributed by atoms with E-state index in [1.54, 1.807) is 31.2 Å². The van der Waals surface area contributed by atoms with Crippen LogP contribution in [0.2, 0.25) is 5.02 Å². The molecule has 0 aliphatic heterocycles. The zero-order valence-electron chi connectivity index (χ0n) is 13.6. The highest BCUT2D eigenvalue weighted by atomic mass is 35.5. The van der Waals surface area contributed by atoms with Crippen molar-refractivity contribution in [2.45, 2.75) is 32.1 Å². The number of aliphatic hydroxyl groups is 1. The molecule has 2 aromatic rings. The molecule has 0 amide bonds. The van der Waals surface area contributed by atoms with E-state index in [0.717, 1.165) is 11.8 Å². The number of aliphatic hydroxyl groups excluding tert-OH is 1. The molecule has 2 rings (SSSR count). The van der Waals surface area contributed by atoms with Gasteiger partial charge in [0.05, 0.1) is 12.4 Å². The molecule has 7 nitrogen and oxygen atoms in total. The Balaban J connectivity index is 2.36. The number of aromatic nitrogens is 3. The minimum Gasteiger partial charge on any atom is -0.371 e. The Morgan fingerprint density at radius 3 is 2.38 bits per heavy atom. The molecule has 1 aromatic heterocycles. The van der Waals surface area contributed by atoms with Crippen molar-refractivity contribution in [3.63, 3.8) is 0 Å². The number of hydrogen-bond donors (Lipinski definition) is 1. The van der Waals surface area contributed by atoms with Gasteiger partial charge in [0, 0.05) is 10.9 Å². The second-order valence-electron chi connectivity index (χ2n) is 5.73. The summed E-state index contributed by atoms with van der Waals surface area (Å²) in [6.45, 7) is 3.47. The summed E-state index contributed by atoms with van der Waals surface area (Å²) in [5, 5.41) is 15.3. The van der Waals surface area contributed by atoms with Gasteiger partial charge in [-0.25, -0.2) is 9.67 Å². The summed E-state index contributed by atoms with van der Waals surface area (Å²) in [5.41, 5.74) is 0.791. The van der Waals surface area contributed by atoms with Gasteiger partial charge in [-0.1, -0.05) is 30.7 Å². The van der Waals surface area contributed by atoms with Crippen molar-refractivity contribution in [2.24, 2.45) is 5.92 Å². The van der Waals surface area contributed by atoms with Crippen LogP contribution in [0, 0.1) is 5.92 Å². The molecule has 0 saturated heterocycles. The highest BCUT2D eigenvalue weighted by molar-refractivity contribution is 7.86. The minimum atomic E-state index is -3.61. The third kappa shape index (κ3) is 4.76. The van der Waals surface area contributed by atoms with E-state index < -0.39 is 28.4 Å². The summed E-state index contributed by atoms with van der Waals surface area (Å²) in [5.74, 6) is -0.805. The van der Waals surface area contributed by atoms with Crippen LogP contribution in [0.5, 0.6) is 0 Å². The van der Waals surface area contributed by atoms with E-state index in [-0.39, 0.29) is 5.92 Å². The third-order valence-corrected chi connectivity index (χ3v) is 4.82. The topological polar surface area (TPSA) is 94.3 Å². The van der Waals surface area contributed by atoms with Crippen molar-refractivity contribution in [3.05, 3.63) is 47.5 Å². The van der Waals surface area contributed by atoms with E-state index in [0.29, 0.717) is 5.02 Å². The van der Waals surface area contributed by atoms with Crippen LogP contribution in [0.15, 0.2) is 36.9 Å². The van der Waals surface area contributed by atoms with Crippen molar-refractivity contribution in [1.29, 1.82) is 0 Å². The molecular weight excluding hydrogens is 354 g/mol. The zero-order chi connectivity index (χ0) is 17.9. The maximum Gasteiger partial charge on any atom is 0.264 e. The highest BCUT2D eigenvalue weighted by Gasteiger charge is 2.33. The van der Waals surface area contributed by atoms with Crippen LogP contribution < -0.4 is 0 Å². The standard InChI is InChI=1S/C15H20ClN3O4S/c1-10(11(2)23-24(3,21)22)14(12-4-6-13(16)7-5-12)15(20)19-9-17-8-18-19/h4-11,14-15,20H,1-3H3/t10-,11+,14-,15?/m1/s1. The number of rotatable bonds is 7. The van der Waals surface area contributed by atoms with Gasteiger partial charge in [0.2, 0.25) is 0 Å². The Kier molecular flexibility index (Phi) is 5.97. The van der Waals surface area contributed by atoms with Crippen molar-refractivity contribution in [2.75, 3.05) is 6.26 Å². The van der Waals surface area contributed by atoms with Gasteiger partial charge in [0.25, 0.3) is 10.1 Å². The molecule has 9 heteroatoms. The van der Waals surface area contributed by atoms with Crippen LogP contribution in [-0.4, -0.2) is 40.6 Å². The molecule has 1 heterocycles. The monoisotopic (exact) mass is 373 g/mol. The van der Waals surface area contributed by atoms with E-state index in [2.05, 4.69) is 10.1 Å². The molecule has 0 aliphatic rings. The summed E-state index contributed by atoms with van der Waals surface area (Å²) >= 11 is 5.93. The molecule has 1 N–H and O–H groups in total. The first-order valence-corrected chi connectivity index (χ1v) is 9.54. The average molecular weight is 374 g/mol. The number of hydrogen-bond acceptors (Lipinski definition) is 6. The Morgan fingerprint density at radius 2 is 1.88 bits per heavy atom. The lowest BCUT2D eigenvalue weighted by Gasteiger charge is -2.32. The van der Waals surface area contributed by atoms with Gasteiger partial charge in [0.15, 0.2) is 6.23 Å². The molecule has 24 heavy (non-hydrogen) atoms. The number of halogens is 1. The third-order valence-electron chi connectivity index (χ3n) is 3.92. The molecule has 0 bridgehead atoms. The summed E-state index contributed by atoms with van der Waals surface area (Å²) < 4.78 is 29.2.